The first-order chi connectivity index (χ1) is 6.86. The van der Waals surface area contributed by atoms with E-state index in [1.165, 1.54) is 25.2 Å². The number of benzene rings is 1. The van der Waals surface area contributed by atoms with Crippen LogP contribution in [0, 0.1) is 23.2 Å². The van der Waals surface area contributed by atoms with Crippen molar-refractivity contribution in [3.8, 4) is 6.07 Å². The normalized spacial score (nSPS) is 28.4. The van der Waals surface area contributed by atoms with Gasteiger partial charge in [-0.2, -0.15) is 5.26 Å². The molecular formula is C12H12N2. The summed E-state index contributed by atoms with van der Waals surface area (Å²) >= 11 is 0. The van der Waals surface area contributed by atoms with E-state index < -0.39 is 0 Å². The molecule has 0 bridgehead atoms. The molecule has 1 aliphatic heterocycles. The van der Waals surface area contributed by atoms with Crippen molar-refractivity contribution in [2.24, 2.45) is 11.8 Å². The van der Waals surface area contributed by atoms with Crippen molar-refractivity contribution in [1.82, 2.24) is 0 Å². The molecule has 1 aromatic rings. The van der Waals surface area contributed by atoms with Gasteiger partial charge in [0.25, 0.3) is 0 Å². The molecule has 2 unspecified atom stereocenters. The summed E-state index contributed by atoms with van der Waals surface area (Å²) in [5, 5.41) is 8.80. The van der Waals surface area contributed by atoms with Crippen LogP contribution in [0.4, 0.5) is 5.69 Å². The minimum atomic E-state index is 0.767. The van der Waals surface area contributed by atoms with Crippen LogP contribution < -0.4 is 4.90 Å². The predicted molar refractivity (Wildman–Crippen MR) is 55.0 cm³/mol. The zero-order valence-corrected chi connectivity index (χ0v) is 7.98. The molecule has 0 amide bonds. The monoisotopic (exact) mass is 184 g/mol. The first kappa shape index (κ1) is 7.87. The van der Waals surface area contributed by atoms with Crippen molar-refractivity contribution in [2.75, 3.05) is 18.0 Å². The van der Waals surface area contributed by atoms with Crippen LogP contribution in [0.15, 0.2) is 24.3 Å². The van der Waals surface area contributed by atoms with Gasteiger partial charge in [0.05, 0.1) is 11.6 Å². The maximum Gasteiger partial charge on any atom is 0.0992 e. The Morgan fingerprint density at radius 2 is 2.07 bits per heavy atom. The number of anilines is 1. The molecule has 3 rings (SSSR count). The molecule has 1 aliphatic carbocycles. The Morgan fingerprint density at radius 1 is 1.29 bits per heavy atom. The number of rotatable bonds is 1. The first-order valence-electron chi connectivity index (χ1n) is 5.12. The quantitative estimate of drug-likeness (QED) is 0.667. The average Bonchev–Trinajstić information content (AvgIpc) is 2.86. The number of hydrogen-bond donors (Lipinski definition) is 0. The Bertz CT molecular complexity index is 395. The van der Waals surface area contributed by atoms with Gasteiger partial charge in [0, 0.05) is 18.8 Å². The third kappa shape index (κ3) is 1.17. The van der Waals surface area contributed by atoms with Crippen molar-refractivity contribution < 1.29 is 0 Å². The topological polar surface area (TPSA) is 27.0 Å². The van der Waals surface area contributed by atoms with Gasteiger partial charge in [0.1, 0.15) is 0 Å². The van der Waals surface area contributed by atoms with Crippen molar-refractivity contribution in [1.29, 1.82) is 5.26 Å². The standard InChI is InChI=1S/C12H12N2/c13-6-9-2-1-3-12(4-9)14-7-10-5-11(10)8-14/h1-4,10-11H,5,7-8H2. The lowest BCUT2D eigenvalue weighted by Gasteiger charge is -2.20. The molecule has 2 aliphatic rings. The largest absolute Gasteiger partial charge is 0.371 e. The fraction of sp³-hybridized carbons (Fsp3) is 0.417. The second kappa shape index (κ2) is 2.75. The molecule has 1 saturated carbocycles. The Labute approximate surface area is 83.8 Å². The number of nitriles is 1. The molecule has 70 valence electrons. The highest BCUT2D eigenvalue weighted by Gasteiger charge is 2.44. The highest BCUT2D eigenvalue weighted by molar-refractivity contribution is 5.53. The predicted octanol–water partition coefficient (Wildman–Crippen LogP) is 2.01. The molecule has 2 nitrogen and oxygen atoms in total. The van der Waals surface area contributed by atoms with Crippen LogP contribution in [0.25, 0.3) is 0 Å². The van der Waals surface area contributed by atoms with E-state index in [4.69, 9.17) is 5.26 Å². The van der Waals surface area contributed by atoms with Crippen LogP contribution in [0.1, 0.15) is 12.0 Å². The smallest absolute Gasteiger partial charge is 0.0992 e. The first-order valence-corrected chi connectivity index (χ1v) is 5.12. The van der Waals surface area contributed by atoms with E-state index in [2.05, 4.69) is 17.0 Å². The molecule has 0 radical (unpaired) electrons. The van der Waals surface area contributed by atoms with Crippen molar-refractivity contribution in [3.63, 3.8) is 0 Å². The minimum Gasteiger partial charge on any atom is -0.371 e. The van der Waals surface area contributed by atoms with Crippen molar-refractivity contribution >= 4 is 5.69 Å². The van der Waals surface area contributed by atoms with Gasteiger partial charge in [0.15, 0.2) is 0 Å². The van der Waals surface area contributed by atoms with Crippen molar-refractivity contribution in [3.05, 3.63) is 29.8 Å². The second-order valence-corrected chi connectivity index (χ2v) is 4.32. The third-order valence-corrected chi connectivity index (χ3v) is 3.32. The molecule has 2 heteroatoms. The van der Waals surface area contributed by atoms with Gasteiger partial charge in [-0.1, -0.05) is 6.07 Å². The lowest BCUT2D eigenvalue weighted by atomic mass is 10.2. The Hall–Kier alpha value is -1.49. The Kier molecular flexibility index (Phi) is 1.55. The number of nitrogens with zero attached hydrogens (tertiary/aromatic N) is 2. The maximum atomic E-state index is 8.80. The van der Waals surface area contributed by atoms with Crippen molar-refractivity contribution in [2.45, 2.75) is 6.42 Å². The fourth-order valence-corrected chi connectivity index (χ4v) is 2.38. The van der Waals surface area contributed by atoms with Crippen LogP contribution in [0.3, 0.4) is 0 Å². The van der Waals surface area contributed by atoms with Crippen LogP contribution in [0.2, 0.25) is 0 Å². The second-order valence-electron chi connectivity index (χ2n) is 4.32. The van der Waals surface area contributed by atoms with E-state index in [9.17, 15) is 0 Å². The van der Waals surface area contributed by atoms with Gasteiger partial charge in [0.2, 0.25) is 0 Å². The van der Waals surface area contributed by atoms with Gasteiger partial charge >= 0.3 is 0 Å². The van der Waals surface area contributed by atoms with Gasteiger partial charge in [-0.25, -0.2) is 0 Å². The van der Waals surface area contributed by atoms with Gasteiger partial charge in [-0.3, -0.25) is 0 Å². The third-order valence-electron chi connectivity index (χ3n) is 3.32. The summed E-state index contributed by atoms with van der Waals surface area (Å²) in [6, 6.07) is 10.1. The van der Waals surface area contributed by atoms with E-state index in [-0.39, 0.29) is 0 Å². The zero-order chi connectivity index (χ0) is 9.54. The molecule has 0 spiro atoms. The fourth-order valence-electron chi connectivity index (χ4n) is 2.38. The molecule has 2 fully saturated rings. The maximum absolute atomic E-state index is 8.80. The summed E-state index contributed by atoms with van der Waals surface area (Å²) < 4.78 is 0. The molecule has 14 heavy (non-hydrogen) atoms. The van der Waals surface area contributed by atoms with E-state index in [1.807, 2.05) is 18.2 Å². The summed E-state index contributed by atoms with van der Waals surface area (Å²) in [4.78, 5) is 2.40. The number of hydrogen-bond acceptors (Lipinski definition) is 2. The summed E-state index contributed by atoms with van der Waals surface area (Å²) in [5.41, 5.74) is 1.99. The lowest BCUT2D eigenvalue weighted by Crippen LogP contribution is -2.21. The average molecular weight is 184 g/mol. The summed E-state index contributed by atoms with van der Waals surface area (Å²) in [6.07, 6.45) is 1.43. The minimum absolute atomic E-state index is 0.767. The van der Waals surface area contributed by atoms with Gasteiger partial charge in [-0.05, 0) is 36.5 Å². The van der Waals surface area contributed by atoms with E-state index >= 15 is 0 Å². The highest BCUT2D eigenvalue weighted by atomic mass is 15.2. The van der Waals surface area contributed by atoms with E-state index in [1.54, 1.807) is 0 Å². The van der Waals surface area contributed by atoms with Crippen LogP contribution in [-0.2, 0) is 0 Å². The molecule has 2 atom stereocenters. The summed E-state index contributed by atoms with van der Waals surface area (Å²) in [5.74, 6) is 1.89. The lowest BCUT2D eigenvalue weighted by molar-refractivity contribution is 0.820. The molecule has 1 aromatic carbocycles. The molecule has 1 saturated heterocycles. The van der Waals surface area contributed by atoms with E-state index in [0.29, 0.717) is 0 Å². The summed E-state index contributed by atoms with van der Waals surface area (Å²) in [7, 11) is 0. The molecule has 0 N–H and O–H groups in total. The molecular weight excluding hydrogens is 172 g/mol. The number of piperidine rings is 1. The highest BCUT2D eigenvalue weighted by Crippen LogP contribution is 2.46. The van der Waals surface area contributed by atoms with Gasteiger partial charge < -0.3 is 4.90 Å². The molecule has 0 aromatic heterocycles. The summed E-state index contributed by atoms with van der Waals surface area (Å²) in [6.45, 7) is 2.39. The zero-order valence-electron chi connectivity index (χ0n) is 7.98. The Balaban J connectivity index is 1.86. The van der Waals surface area contributed by atoms with Gasteiger partial charge in [-0.15, -0.1) is 0 Å². The molecule has 1 heterocycles. The Morgan fingerprint density at radius 3 is 2.79 bits per heavy atom. The SMILES string of the molecule is N#Cc1cccc(N2CC3CC3C2)c1. The number of fused-ring (bicyclic) bond motifs is 1. The van der Waals surface area contributed by atoms with Crippen LogP contribution in [0.5, 0.6) is 0 Å². The van der Waals surface area contributed by atoms with Crippen LogP contribution >= 0.6 is 0 Å². The van der Waals surface area contributed by atoms with E-state index in [0.717, 1.165) is 17.4 Å². The van der Waals surface area contributed by atoms with Crippen LogP contribution in [-0.4, -0.2) is 13.1 Å².